The second-order valence-corrected chi connectivity index (χ2v) is 15.6. The number of rotatable bonds is 29. The Hall–Kier alpha value is -5.23. The molecule has 2 bridgehead atoms. The predicted octanol–water partition coefficient (Wildman–Crippen LogP) is 2.12. The van der Waals surface area contributed by atoms with Crippen molar-refractivity contribution in [2.75, 3.05) is 79.2 Å². The highest BCUT2D eigenvalue weighted by Gasteiger charge is 2.60. The minimum Gasteiger partial charge on any atom is -0.505 e. The molecular weight excluding hydrogens is 856 g/mol. The lowest BCUT2D eigenvalue weighted by Crippen LogP contribution is -2.64. The van der Waals surface area contributed by atoms with Crippen molar-refractivity contribution in [3.8, 4) is 28.6 Å². The first-order valence-corrected chi connectivity index (χ1v) is 21.6. The Balaban J connectivity index is 0.698. The number of pyridine rings is 1. The van der Waals surface area contributed by atoms with Gasteiger partial charge in [-0.05, 0) is 49.2 Å². The number of nitrogens with zero attached hydrogens (tertiary/aromatic N) is 4. The van der Waals surface area contributed by atoms with E-state index in [1.807, 2.05) is 24.3 Å². The molecule has 21 heteroatoms. The van der Waals surface area contributed by atoms with Crippen molar-refractivity contribution in [3.63, 3.8) is 0 Å². The molecule has 1 saturated carbocycles. The molecule has 1 saturated heterocycles. The Morgan fingerprint density at radius 1 is 0.846 bits per heavy atom. The smallest absolute Gasteiger partial charge is 0.222 e. The second-order valence-electron chi connectivity index (χ2n) is 15.6. The number of ether oxygens (including phenoxy) is 6. The van der Waals surface area contributed by atoms with Crippen LogP contribution in [0, 0.1) is 5.82 Å². The summed E-state index contributed by atoms with van der Waals surface area (Å²) in [5, 5.41) is 44.9. The fraction of sp³-hybridized carbons (Fsp3) is 0.545. The lowest BCUT2D eigenvalue weighted by atomic mass is 9.77. The van der Waals surface area contributed by atoms with E-state index in [-0.39, 0.29) is 56.9 Å². The van der Waals surface area contributed by atoms with Crippen molar-refractivity contribution >= 4 is 28.5 Å². The second kappa shape index (κ2) is 24.9. The Bertz CT molecular complexity index is 2160. The Labute approximate surface area is 374 Å². The molecule has 354 valence electrons. The third-order valence-electron chi connectivity index (χ3n) is 10.6. The molecule has 6 rings (SSSR count). The maximum Gasteiger partial charge on any atom is 0.222 e. The SMILES string of the molecule is CC(=O)N[C@@H]1[C@@H](O)[C@@H](O)[C@@]2(COCCOCCOCCOCCNC(=O)CCOCCCC(=O)CCCOc3ccc4nc(-c5cn(-c6ccc(O)c(F)c6)nn5)ccc4c3)C[C@@H]1OO2. The number of carbonyl (C=O) groups excluding carboxylic acids is 3. The number of fused-ring (bicyclic) bond motifs is 3. The first-order valence-electron chi connectivity index (χ1n) is 21.6. The summed E-state index contributed by atoms with van der Waals surface area (Å²) in [6.07, 6.45) is 0.843. The van der Waals surface area contributed by atoms with Gasteiger partial charge in [-0.15, -0.1) is 5.10 Å². The predicted molar refractivity (Wildman–Crippen MR) is 227 cm³/mol. The van der Waals surface area contributed by atoms with Gasteiger partial charge in [-0.3, -0.25) is 14.4 Å². The highest BCUT2D eigenvalue weighted by atomic mass is 19.1. The number of phenols is 1. The Kier molecular flexibility index (Phi) is 18.8. The third-order valence-corrected chi connectivity index (χ3v) is 10.6. The van der Waals surface area contributed by atoms with Crippen LogP contribution in [-0.4, -0.2) is 162 Å². The van der Waals surface area contributed by atoms with Gasteiger partial charge in [-0.25, -0.2) is 23.8 Å². The van der Waals surface area contributed by atoms with E-state index in [0.29, 0.717) is 101 Å². The van der Waals surface area contributed by atoms with Crippen LogP contribution in [0.4, 0.5) is 4.39 Å². The Morgan fingerprint density at radius 3 is 2.32 bits per heavy atom. The van der Waals surface area contributed by atoms with Crippen LogP contribution >= 0.6 is 0 Å². The Morgan fingerprint density at radius 2 is 1.57 bits per heavy atom. The van der Waals surface area contributed by atoms with Crippen LogP contribution in [0.1, 0.15) is 45.4 Å². The van der Waals surface area contributed by atoms with Crippen LogP contribution in [0.2, 0.25) is 0 Å². The van der Waals surface area contributed by atoms with Gasteiger partial charge in [0, 0.05) is 57.2 Å². The van der Waals surface area contributed by atoms with E-state index in [1.165, 1.54) is 29.8 Å². The molecule has 2 aromatic heterocycles. The van der Waals surface area contributed by atoms with Gasteiger partial charge in [-0.2, -0.15) is 0 Å². The maximum atomic E-state index is 13.8. The number of Topliss-reactive ketones (excluding diaryl/α,β-unsaturated/α-hetero) is 1. The number of phenolic OH excluding ortho intramolecular Hbond substituents is 1. The molecule has 0 unspecified atom stereocenters. The zero-order valence-corrected chi connectivity index (χ0v) is 36.2. The summed E-state index contributed by atoms with van der Waals surface area (Å²) in [5.74, 6) is -0.919. The number of amides is 2. The molecule has 1 aliphatic heterocycles. The summed E-state index contributed by atoms with van der Waals surface area (Å²) in [5.41, 5.74) is 1.00. The van der Waals surface area contributed by atoms with Crippen molar-refractivity contribution in [3.05, 3.63) is 60.5 Å². The number of aromatic hydroxyl groups is 1. The van der Waals surface area contributed by atoms with Crippen molar-refractivity contribution in [2.24, 2.45) is 0 Å². The summed E-state index contributed by atoms with van der Waals surface area (Å²) < 4.78 is 48.7. The topological polar surface area (TPSA) is 253 Å². The van der Waals surface area contributed by atoms with Gasteiger partial charge in [0.05, 0.1) is 95.2 Å². The number of nitrogens with one attached hydrogen (secondary N) is 2. The number of hydrogen-bond acceptors (Lipinski definition) is 17. The standard InChI is InChI=1S/C44H57FN6O14/c1-29(52)47-41-39-26-44(65-64-39,43(57)42(41)56)28-62-23-22-61-21-20-60-19-18-59-17-13-46-40(55)12-16-58-14-2-4-32(53)5-3-15-63-33-8-10-35-30(24-33)6-9-36(48-35)37-27-51(50-49-37)31-7-11-38(54)34(45)25-31/h6-11,24-25,27,39,41-43,54,56-57H,2-5,12-23,26,28H2,1H3,(H,46,55)(H,47,52)/t39-,41-,42+,43+,44-/m0/s1. The monoisotopic (exact) mass is 912 g/mol. The molecule has 0 radical (unpaired) electrons. The van der Waals surface area contributed by atoms with Crippen LogP contribution in [0.25, 0.3) is 28.0 Å². The number of benzene rings is 2. The average molecular weight is 913 g/mol. The van der Waals surface area contributed by atoms with Crippen LogP contribution in [-0.2, 0) is 47.8 Å². The average Bonchev–Trinajstić information content (AvgIpc) is 3.96. The molecule has 1 aliphatic carbocycles. The number of aliphatic hydroxyl groups is 2. The molecule has 5 atom stereocenters. The van der Waals surface area contributed by atoms with Crippen LogP contribution in [0.15, 0.2) is 54.7 Å². The van der Waals surface area contributed by atoms with Gasteiger partial charge in [0.25, 0.3) is 0 Å². The van der Waals surface area contributed by atoms with Crippen molar-refractivity contribution in [2.45, 2.75) is 75.4 Å². The molecule has 4 aromatic rings. The van der Waals surface area contributed by atoms with E-state index < -0.39 is 41.5 Å². The molecule has 2 fully saturated rings. The molecule has 2 aromatic carbocycles. The lowest BCUT2D eigenvalue weighted by Gasteiger charge is -2.40. The van der Waals surface area contributed by atoms with E-state index in [9.17, 15) is 34.1 Å². The van der Waals surface area contributed by atoms with E-state index >= 15 is 0 Å². The number of hydrogen-bond donors (Lipinski definition) is 5. The molecule has 5 N–H and O–H groups in total. The van der Waals surface area contributed by atoms with Gasteiger partial charge < -0.3 is 54.4 Å². The van der Waals surface area contributed by atoms with E-state index in [1.54, 1.807) is 12.3 Å². The van der Waals surface area contributed by atoms with Crippen LogP contribution in [0.5, 0.6) is 11.5 Å². The van der Waals surface area contributed by atoms with Gasteiger partial charge in [0.2, 0.25) is 11.8 Å². The molecular formula is C44H57FN6O14. The zero-order valence-electron chi connectivity index (χ0n) is 36.2. The fourth-order valence-corrected chi connectivity index (χ4v) is 7.19. The van der Waals surface area contributed by atoms with E-state index in [4.69, 9.17) is 38.2 Å². The van der Waals surface area contributed by atoms with E-state index in [2.05, 4.69) is 25.9 Å². The summed E-state index contributed by atoms with van der Waals surface area (Å²) in [6.45, 7) is 4.90. The highest BCUT2D eigenvalue weighted by Crippen LogP contribution is 2.41. The molecule has 3 heterocycles. The fourth-order valence-electron chi connectivity index (χ4n) is 7.19. The summed E-state index contributed by atoms with van der Waals surface area (Å²) >= 11 is 0. The summed E-state index contributed by atoms with van der Waals surface area (Å²) in [6, 6.07) is 12.4. The molecule has 2 amide bonds. The molecule has 0 spiro atoms. The van der Waals surface area contributed by atoms with Crippen molar-refractivity contribution in [1.29, 1.82) is 0 Å². The van der Waals surface area contributed by atoms with Gasteiger partial charge in [0.15, 0.2) is 17.2 Å². The number of halogens is 1. The van der Waals surface area contributed by atoms with Crippen molar-refractivity contribution < 1.29 is 72.3 Å². The largest absolute Gasteiger partial charge is 0.505 e. The first kappa shape index (κ1) is 49.2. The van der Waals surface area contributed by atoms with Gasteiger partial charge in [-0.1, -0.05) is 11.3 Å². The van der Waals surface area contributed by atoms with Gasteiger partial charge >= 0.3 is 0 Å². The van der Waals surface area contributed by atoms with E-state index in [0.717, 1.165) is 10.9 Å². The minimum atomic E-state index is -1.30. The lowest BCUT2D eigenvalue weighted by molar-refractivity contribution is -0.341. The number of aliphatic hydroxyl groups excluding tert-OH is 2. The van der Waals surface area contributed by atoms with Crippen molar-refractivity contribution in [1.82, 2.24) is 30.6 Å². The zero-order chi connectivity index (χ0) is 46.0. The van der Waals surface area contributed by atoms with Gasteiger partial charge in [0.1, 0.15) is 35.5 Å². The maximum absolute atomic E-state index is 13.8. The quantitative estimate of drug-likeness (QED) is 0.0386. The summed E-state index contributed by atoms with van der Waals surface area (Å²) in [7, 11) is 0. The molecule has 20 nitrogen and oxygen atoms in total. The third kappa shape index (κ3) is 14.6. The first-order chi connectivity index (χ1) is 31.5. The number of carbonyl (C=O) groups is 3. The summed E-state index contributed by atoms with van der Waals surface area (Å²) in [4.78, 5) is 51.1. The number of ketones is 1. The highest BCUT2D eigenvalue weighted by molar-refractivity contribution is 5.82. The molecule has 65 heavy (non-hydrogen) atoms. The normalized spacial score (nSPS) is 20.2. The minimum absolute atomic E-state index is 0.0172. The molecule has 2 aliphatic rings. The van der Waals surface area contributed by atoms with Crippen LogP contribution in [0.3, 0.4) is 0 Å². The van der Waals surface area contributed by atoms with Crippen LogP contribution < -0.4 is 15.4 Å². The number of aromatic nitrogens is 4.